The van der Waals surface area contributed by atoms with E-state index in [-0.39, 0.29) is 51.7 Å². The summed E-state index contributed by atoms with van der Waals surface area (Å²) in [6, 6.07) is 0.344. The first kappa shape index (κ1) is 38.0. The SMILES string of the molecule is Cc1nc2c(c(=O)n1CCOC1CCC(Cl)CC1C1CC(C)NC3C(C(=O)NS(C)(=O)=O)CSC13)CC(N(C)C1(C3CCC(F)CC3)CC1)CC2. The van der Waals surface area contributed by atoms with Crippen LogP contribution in [0.25, 0.3) is 0 Å². The summed E-state index contributed by atoms with van der Waals surface area (Å²) in [6.07, 6.45) is 12.0. The highest BCUT2D eigenvalue weighted by atomic mass is 35.5. The number of likely N-dealkylation sites (N-methyl/N-ethyl adjacent to an activating group) is 1. The maximum absolute atomic E-state index is 14.1. The van der Waals surface area contributed by atoms with Crippen molar-refractivity contribution in [2.75, 3.05) is 25.7 Å². The molecule has 7 rings (SSSR count). The van der Waals surface area contributed by atoms with Gasteiger partial charge in [0, 0.05) is 45.6 Å². The van der Waals surface area contributed by atoms with Gasteiger partial charge in [-0.2, -0.15) is 11.8 Å². The molecule has 1 aromatic heterocycles. The van der Waals surface area contributed by atoms with Crippen LogP contribution in [-0.4, -0.2) is 101 Å². The van der Waals surface area contributed by atoms with E-state index in [1.54, 1.807) is 16.3 Å². The van der Waals surface area contributed by atoms with Gasteiger partial charge >= 0.3 is 0 Å². The molecule has 0 aromatic carbocycles. The largest absolute Gasteiger partial charge is 0.376 e. The maximum atomic E-state index is 14.1. The van der Waals surface area contributed by atoms with Gasteiger partial charge in [0.2, 0.25) is 15.9 Å². The second-order valence-corrected chi connectivity index (χ2v) is 20.3. The molecular weight excluding hydrogens is 713 g/mol. The summed E-state index contributed by atoms with van der Waals surface area (Å²) in [5.74, 6) is 1.46. The van der Waals surface area contributed by atoms with Gasteiger partial charge in [0.1, 0.15) is 12.0 Å². The second-order valence-electron chi connectivity index (χ2n) is 16.7. The Kier molecular flexibility index (Phi) is 11.3. The number of nitrogens with zero attached hydrogens (tertiary/aromatic N) is 3. The monoisotopic (exact) mass is 769 g/mol. The van der Waals surface area contributed by atoms with Crippen LogP contribution < -0.4 is 15.6 Å². The van der Waals surface area contributed by atoms with E-state index in [1.165, 1.54) is 12.8 Å². The molecule has 0 bridgehead atoms. The number of piperidine rings is 1. The zero-order valence-electron chi connectivity index (χ0n) is 30.6. The maximum Gasteiger partial charge on any atom is 0.257 e. The van der Waals surface area contributed by atoms with Crippen LogP contribution in [0.4, 0.5) is 4.39 Å². The third-order valence-corrected chi connectivity index (χ3v) is 16.0. The number of fused-ring (bicyclic) bond motifs is 2. The van der Waals surface area contributed by atoms with Crippen molar-refractivity contribution in [2.45, 2.75) is 150 Å². The highest BCUT2D eigenvalue weighted by Crippen LogP contribution is 2.54. The van der Waals surface area contributed by atoms with E-state index in [2.05, 4.69) is 28.9 Å². The molecule has 9 atom stereocenters. The summed E-state index contributed by atoms with van der Waals surface area (Å²) in [5, 5.41) is 3.84. The lowest BCUT2D eigenvalue weighted by molar-refractivity contribution is -0.123. The number of aromatic nitrogens is 2. The minimum Gasteiger partial charge on any atom is -0.376 e. The van der Waals surface area contributed by atoms with E-state index in [0.717, 1.165) is 74.7 Å². The highest BCUT2D eigenvalue weighted by Gasteiger charge is 2.55. The predicted molar refractivity (Wildman–Crippen MR) is 200 cm³/mol. The fourth-order valence-electron chi connectivity index (χ4n) is 10.7. The Bertz CT molecular complexity index is 1620. The Labute approximate surface area is 312 Å². The van der Waals surface area contributed by atoms with Crippen LogP contribution in [0.1, 0.15) is 94.6 Å². The zero-order chi connectivity index (χ0) is 36.2. The molecule has 5 fully saturated rings. The molecule has 14 heteroatoms. The van der Waals surface area contributed by atoms with Gasteiger partial charge in [-0.15, -0.1) is 11.6 Å². The van der Waals surface area contributed by atoms with Gasteiger partial charge in [-0.3, -0.25) is 23.8 Å². The van der Waals surface area contributed by atoms with E-state index in [1.807, 2.05) is 6.92 Å². The van der Waals surface area contributed by atoms with Crippen LogP contribution in [0.15, 0.2) is 4.79 Å². The number of carbonyl (C=O) groups excluding carboxylic acids is 1. The number of ether oxygens (including phenoxy) is 1. The number of thioether (sulfide) groups is 1. The number of hydrogen-bond acceptors (Lipinski definition) is 9. The van der Waals surface area contributed by atoms with Gasteiger partial charge in [-0.25, -0.2) is 17.8 Å². The molecule has 4 aliphatic carbocycles. The van der Waals surface area contributed by atoms with Gasteiger partial charge in [0.15, 0.2) is 0 Å². The normalized spacial score (nSPS) is 37.8. The van der Waals surface area contributed by atoms with Crippen molar-refractivity contribution in [3.8, 4) is 0 Å². The molecule has 10 nitrogen and oxygen atoms in total. The third-order valence-electron chi connectivity index (χ3n) is 13.5. The molecule has 286 valence electrons. The van der Waals surface area contributed by atoms with Crippen LogP contribution in [0.5, 0.6) is 0 Å². The van der Waals surface area contributed by atoms with Crippen LogP contribution in [0.2, 0.25) is 0 Å². The fraction of sp³-hybridized carbons (Fsp3) is 0.865. The standard InChI is InChI=1S/C37H57ClFN5O5S2/c1-21-17-28(34-33(40-21)30(20-50-34)35(45)42-51(4,47)48)27-18-24(38)7-12-32(27)49-16-15-44-22(2)41-31-11-10-26(19-29(31)36(44)46)43(3)37(13-14-37)23-5-8-25(39)9-6-23/h21,23-28,30,32-34,40H,5-20H2,1-4H3,(H,42,45). The Balaban J connectivity index is 1.01. The predicted octanol–water partition coefficient (Wildman–Crippen LogP) is 4.37. The number of sulfonamides is 1. The quantitative estimate of drug-likeness (QED) is 0.335. The molecule has 0 spiro atoms. The van der Waals surface area contributed by atoms with Crippen LogP contribution >= 0.6 is 23.4 Å². The minimum atomic E-state index is -3.64. The van der Waals surface area contributed by atoms with Gasteiger partial charge in [-0.05, 0) is 122 Å². The molecule has 1 amide bonds. The van der Waals surface area contributed by atoms with Gasteiger partial charge in [-0.1, -0.05) is 0 Å². The first-order chi connectivity index (χ1) is 24.2. The van der Waals surface area contributed by atoms with Gasteiger partial charge in [0.25, 0.3) is 5.56 Å². The summed E-state index contributed by atoms with van der Waals surface area (Å²) < 4.78 is 48.4. The second kappa shape index (κ2) is 15.1. The number of amides is 1. The Hall–Kier alpha value is -1.25. The number of hydrogen-bond donors (Lipinski definition) is 2. The van der Waals surface area contributed by atoms with Gasteiger partial charge in [0.05, 0.1) is 37.1 Å². The number of alkyl halides is 2. The van der Waals surface area contributed by atoms with Crippen molar-refractivity contribution < 1.29 is 22.3 Å². The average molecular weight is 770 g/mol. The molecule has 2 saturated heterocycles. The van der Waals surface area contributed by atoms with Crippen molar-refractivity contribution in [1.82, 2.24) is 24.5 Å². The zero-order valence-corrected chi connectivity index (χ0v) is 33.0. The third kappa shape index (κ3) is 7.95. The number of nitrogens with one attached hydrogen (secondary N) is 2. The molecule has 2 aliphatic heterocycles. The fourth-order valence-corrected chi connectivity index (χ4v) is 13.4. The number of carbonyl (C=O) groups is 1. The number of aryl methyl sites for hydroxylation is 2. The molecule has 9 unspecified atom stereocenters. The van der Waals surface area contributed by atoms with Crippen molar-refractivity contribution in [2.24, 2.45) is 23.7 Å². The molecule has 51 heavy (non-hydrogen) atoms. The minimum absolute atomic E-state index is 0.0118. The van der Waals surface area contributed by atoms with Crippen LogP contribution in [0.3, 0.4) is 0 Å². The van der Waals surface area contributed by atoms with Crippen molar-refractivity contribution in [3.05, 3.63) is 27.4 Å². The molecule has 1 aromatic rings. The summed E-state index contributed by atoms with van der Waals surface area (Å²) in [7, 11) is -1.40. The summed E-state index contributed by atoms with van der Waals surface area (Å²) in [4.78, 5) is 34.6. The van der Waals surface area contributed by atoms with Crippen molar-refractivity contribution in [3.63, 3.8) is 0 Å². The molecule has 0 radical (unpaired) electrons. The highest BCUT2D eigenvalue weighted by molar-refractivity contribution is 8.00. The van der Waals surface area contributed by atoms with Crippen LogP contribution in [-0.2, 0) is 38.9 Å². The smallest absolute Gasteiger partial charge is 0.257 e. The Morgan fingerprint density at radius 1 is 1.16 bits per heavy atom. The molecule has 3 saturated carbocycles. The lowest BCUT2D eigenvalue weighted by Gasteiger charge is -2.47. The van der Waals surface area contributed by atoms with Gasteiger partial charge < -0.3 is 10.1 Å². The van der Waals surface area contributed by atoms with E-state index < -0.39 is 28.0 Å². The molecule has 2 N–H and O–H groups in total. The first-order valence-electron chi connectivity index (χ1n) is 19.3. The summed E-state index contributed by atoms with van der Waals surface area (Å²) in [6.45, 7) is 4.90. The topological polar surface area (TPSA) is 123 Å². The van der Waals surface area contributed by atoms with E-state index in [9.17, 15) is 22.4 Å². The van der Waals surface area contributed by atoms with Crippen molar-refractivity contribution in [1.29, 1.82) is 0 Å². The lowest BCUT2D eigenvalue weighted by Crippen LogP contribution is -2.58. The lowest BCUT2D eigenvalue weighted by atomic mass is 9.70. The molecule has 6 aliphatic rings. The average Bonchev–Trinajstić information content (AvgIpc) is 3.78. The number of rotatable bonds is 10. The number of halogens is 2. The van der Waals surface area contributed by atoms with Crippen LogP contribution in [0, 0.1) is 30.6 Å². The Morgan fingerprint density at radius 2 is 1.90 bits per heavy atom. The summed E-state index contributed by atoms with van der Waals surface area (Å²) in [5.41, 5.74) is 2.00. The molecular formula is C37H57ClFN5O5S2. The first-order valence-corrected chi connectivity index (χ1v) is 22.7. The van der Waals surface area contributed by atoms with E-state index in [4.69, 9.17) is 21.3 Å². The molecule has 3 heterocycles. The summed E-state index contributed by atoms with van der Waals surface area (Å²) >= 11 is 8.56. The van der Waals surface area contributed by atoms with E-state index in [0.29, 0.717) is 50.1 Å². The van der Waals surface area contributed by atoms with Crippen molar-refractivity contribution >= 4 is 39.3 Å². The van der Waals surface area contributed by atoms with E-state index >= 15 is 0 Å². The Morgan fingerprint density at radius 3 is 2.61 bits per heavy atom.